The lowest BCUT2D eigenvalue weighted by Gasteiger charge is -1.95. The Hall–Kier alpha value is -1.78. The molecule has 1 aromatic carbocycles. The maximum atomic E-state index is 12.8. The van der Waals surface area contributed by atoms with Crippen LogP contribution in [-0.2, 0) is 11.8 Å². The zero-order valence-electron chi connectivity index (χ0n) is 7.21. The van der Waals surface area contributed by atoms with E-state index in [-0.39, 0.29) is 11.3 Å². The monoisotopic (exact) mass is 195 g/mol. The summed E-state index contributed by atoms with van der Waals surface area (Å²) in [5.74, 6) is -1.92. The number of carbonyl (C=O) groups excluding carboxylic acids is 1. The van der Waals surface area contributed by atoms with Gasteiger partial charge in [0.15, 0.2) is 17.5 Å². The van der Waals surface area contributed by atoms with Gasteiger partial charge in [0, 0.05) is 19.2 Å². The van der Waals surface area contributed by atoms with Crippen molar-refractivity contribution in [3.05, 3.63) is 29.6 Å². The van der Waals surface area contributed by atoms with Gasteiger partial charge in [-0.15, -0.1) is 0 Å². The minimum Gasteiger partial charge on any atom is -0.324 e. The zero-order chi connectivity index (χ0) is 10.3. The summed E-state index contributed by atoms with van der Waals surface area (Å²) in [6.07, 6.45) is 1.58. The Morgan fingerprint density at radius 3 is 2.64 bits per heavy atom. The van der Waals surface area contributed by atoms with E-state index in [2.05, 4.69) is 4.98 Å². The van der Waals surface area contributed by atoms with Crippen LogP contribution >= 0.6 is 0 Å². The summed E-state index contributed by atoms with van der Waals surface area (Å²) in [5, 5.41) is 0. The van der Waals surface area contributed by atoms with Crippen molar-refractivity contribution in [1.82, 2.24) is 9.55 Å². The molecule has 0 aliphatic carbocycles. The fraction of sp³-hybridized carbons (Fsp3) is 0.111. The van der Waals surface area contributed by atoms with E-state index >= 15 is 0 Å². The minimum atomic E-state index is -0.979. The molecule has 2 rings (SSSR count). The van der Waals surface area contributed by atoms with Crippen LogP contribution < -0.4 is 0 Å². The van der Waals surface area contributed by atoms with Crippen molar-refractivity contribution < 1.29 is 13.6 Å². The highest BCUT2D eigenvalue weighted by Gasteiger charge is 2.11. The second-order valence-electron chi connectivity index (χ2n) is 2.85. The number of imidazole rings is 1. The average molecular weight is 195 g/mol. The van der Waals surface area contributed by atoms with E-state index in [9.17, 15) is 13.6 Å². The van der Waals surface area contributed by atoms with Crippen molar-refractivity contribution in [2.24, 2.45) is 7.05 Å². The molecule has 14 heavy (non-hydrogen) atoms. The summed E-state index contributed by atoms with van der Waals surface area (Å²) in [5.41, 5.74) is 0.604. The number of nitrogens with zero attached hydrogens (tertiary/aromatic N) is 2. The Labute approximate surface area is 78.0 Å². The van der Waals surface area contributed by atoms with Crippen LogP contribution in [0.4, 0.5) is 8.78 Å². The standard InChI is InChI=1S/C9H5F2N2O/c1-13-8-3-6(11)5(10)2-7(8)12-9(13)4-14/h2-3H,1H3. The topological polar surface area (TPSA) is 34.9 Å². The first-order valence-electron chi connectivity index (χ1n) is 3.83. The van der Waals surface area contributed by atoms with E-state index in [1.54, 1.807) is 6.29 Å². The van der Waals surface area contributed by atoms with Gasteiger partial charge >= 0.3 is 0 Å². The third-order valence-electron chi connectivity index (χ3n) is 2.01. The predicted octanol–water partition coefficient (Wildman–Crippen LogP) is 1.31. The molecule has 5 heteroatoms. The molecule has 3 nitrogen and oxygen atoms in total. The highest BCUT2D eigenvalue weighted by Crippen LogP contribution is 2.17. The number of hydrogen-bond donors (Lipinski definition) is 0. The summed E-state index contributed by atoms with van der Waals surface area (Å²) in [4.78, 5) is 14.1. The molecule has 1 aromatic heterocycles. The van der Waals surface area contributed by atoms with Crippen LogP contribution in [0, 0.1) is 11.6 Å². The lowest BCUT2D eigenvalue weighted by Crippen LogP contribution is -1.95. The molecule has 2 aromatic rings. The number of aryl methyl sites for hydroxylation is 1. The first-order chi connectivity index (χ1) is 6.63. The van der Waals surface area contributed by atoms with Crippen molar-refractivity contribution in [2.45, 2.75) is 0 Å². The van der Waals surface area contributed by atoms with Crippen molar-refractivity contribution >= 4 is 17.3 Å². The first-order valence-corrected chi connectivity index (χ1v) is 3.83. The van der Waals surface area contributed by atoms with Crippen molar-refractivity contribution in [1.29, 1.82) is 0 Å². The van der Waals surface area contributed by atoms with Crippen molar-refractivity contribution in [3.8, 4) is 0 Å². The van der Waals surface area contributed by atoms with E-state index in [4.69, 9.17) is 0 Å². The predicted molar refractivity (Wildman–Crippen MR) is 45.4 cm³/mol. The van der Waals surface area contributed by atoms with Crippen molar-refractivity contribution in [2.75, 3.05) is 0 Å². The Morgan fingerprint density at radius 2 is 2.00 bits per heavy atom. The van der Waals surface area contributed by atoms with E-state index in [0.29, 0.717) is 5.52 Å². The summed E-state index contributed by atoms with van der Waals surface area (Å²) in [6, 6.07) is 1.95. The molecule has 0 aliphatic rings. The fourth-order valence-corrected chi connectivity index (χ4v) is 1.28. The number of rotatable bonds is 1. The normalized spacial score (nSPS) is 10.8. The van der Waals surface area contributed by atoms with Crippen LogP contribution in [0.2, 0.25) is 0 Å². The van der Waals surface area contributed by atoms with E-state index in [0.717, 1.165) is 12.1 Å². The third kappa shape index (κ3) is 1.09. The second-order valence-corrected chi connectivity index (χ2v) is 2.85. The maximum absolute atomic E-state index is 12.8. The van der Waals surface area contributed by atoms with Gasteiger partial charge < -0.3 is 4.57 Å². The molecule has 0 saturated carbocycles. The van der Waals surface area contributed by atoms with Crippen LogP contribution in [-0.4, -0.2) is 15.8 Å². The number of hydrogen-bond acceptors (Lipinski definition) is 2. The Bertz CT molecular complexity index is 519. The smallest absolute Gasteiger partial charge is 0.272 e. The van der Waals surface area contributed by atoms with Crippen LogP contribution in [0.3, 0.4) is 0 Å². The van der Waals surface area contributed by atoms with E-state index in [1.807, 2.05) is 0 Å². The van der Waals surface area contributed by atoms with Gasteiger partial charge in [-0.25, -0.2) is 13.8 Å². The van der Waals surface area contributed by atoms with Crippen LogP contribution in [0.25, 0.3) is 11.0 Å². The largest absolute Gasteiger partial charge is 0.324 e. The van der Waals surface area contributed by atoms with Gasteiger partial charge in [0.05, 0.1) is 11.0 Å². The molecule has 0 spiro atoms. The summed E-state index contributed by atoms with van der Waals surface area (Å²) in [7, 11) is 1.53. The number of benzene rings is 1. The molecule has 0 fully saturated rings. The van der Waals surface area contributed by atoms with Gasteiger partial charge in [0.2, 0.25) is 0 Å². The van der Waals surface area contributed by atoms with Gasteiger partial charge in [0.25, 0.3) is 6.29 Å². The first kappa shape index (κ1) is 8.80. The van der Waals surface area contributed by atoms with Crippen LogP contribution in [0.1, 0.15) is 5.82 Å². The molecule has 0 atom stereocenters. The SMILES string of the molecule is Cn1c([C]=O)nc2cc(F)c(F)cc21. The highest BCUT2D eigenvalue weighted by atomic mass is 19.2. The third-order valence-corrected chi connectivity index (χ3v) is 2.01. The molecule has 0 N–H and O–H groups in total. The Balaban J connectivity index is 2.86. The van der Waals surface area contributed by atoms with Gasteiger partial charge in [0.1, 0.15) is 0 Å². The van der Waals surface area contributed by atoms with Gasteiger partial charge in [-0.2, -0.15) is 0 Å². The lowest BCUT2D eigenvalue weighted by molar-refractivity contribution is 0.510. The molecular weight excluding hydrogens is 190 g/mol. The molecule has 71 valence electrons. The average Bonchev–Trinajstić information content (AvgIpc) is 2.45. The van der Waals surface area contributed by atoms with Crippen molar-refractivity contribution in [3.63, 3.8) is 0 Å². The number of halogens is 2. The van der Waals surface area contributed by atoms with E-state index in [1.165, 1.54) is 11.6 Å². The number of fused-ring (bicyclic) bond motifs is 1. The van der Waals surface area contributed by atoms with Gasteiger partial charge in [-0.1, -0.05) is 0 Å². The zero-order valence-corrected chi connectivity index (χ0v) is 7.21. The molecule has 0 bridgehead atoms. The molecule has 0 unspecified atom stereocenters. The lowest BCUT2D eigenvalue weighted by atomic mass is 10.3. The fourth-order valence-electron chi connectivity index (χ4n) is 1.28. The Morgan fingerprint density at radius 1 is 1.36 bits per heavy atom. The molecule has 0 amide bonds. The molecular formula is C9H5F2N2O. The van der Waals surface area contributed by atoms with Crippen LogP contribution in [0.5, 0.6) is 0 Å². The summed E-state index contributed by atoms with van der Waals surface area (Å²) < 4.78 is 27.0. The van der Waals surface area contributed by atoms with E-state index < -0.39 is 11.6 Å². The quantitative estimate of drug-likeness (QED) is 0.687. The summed E-state index contributed by atoms with van der Waals surface area (Å²) in [6.45, 7) is 0. The van der Waals surface area contributed by atoms with Gasteiger partial charge in [-0.3, -0.25) is 4.79 Å². The Kier molecular flexibility index (Phi) is 1.80. The van der Waals surface area contributed by atoms with Gasteiger partial charge in [-0.05, 0) is 0 Å². The molecule has 0 aliphatic heterocycles. The highest BCUT2D eigenvalue weighted by molar-refractivity contribution is 5.83. The maximum Gasteiger partial charge on any atom is 0.272 e. The molecule has 1 radical (unpaired) electrons. The molecule has 1 heterocycles. The second kappa shape index (κ2) is 2.87. The number of aromatic nitrogens is 2. The summed E-state index contributed by atoms with van der Waals surface area (Å²) >= 11 is 0. The minimum absolute atomic E-state index is 0.0185. The molecule has 0 saturated heterocycles. The van der Waals surface area contributed by atoms with Crippen LogP contribution in [0.15, 0.2) is 12.1 Å².